The standard InChI is InChI=1S/C9H11Cl2N3O/c10-8-6(3-13-9(11)14-8)5-15-7-1-2-12-4-7/h3,7,12H,1-2,4-5H2/t7-/m0/s1. The molecule has 2 heterocycles. The average molecular weight is 248 g/mol. The first kappa shape index (κ1) is 11.1. The number of halogens is 2. The molecule has 1 saturated heterocycles. The Balaban J connectivity index is 1.92. The number of nitrogens with one attached hydrogen (secondary N) is 1. The molecule has 1 N–H and O–H groups in total. The van der Waals surface area contributed by atoms with Gasteiger partial charge in [0.15, 0.2) is 0 Å². The first-order valence-electron chi connectivity index (χ1n) is 4.75. The van der Waals surface area contributed by atoms with E-state index in [0.717, 1.165) is 25.1 Å². The minimum Gasteiger partial charge on any atom is -0.372 e. The van der Waals surface area contributed by atoms with E-state index in [4.69, 9.17) is 27.9 Å². The number of rotatable bonds is 3. The number of hydrogen-bond donors (Lipinski definition) is 1. The monoisotopic (exact) mass is 247 g/mol. The lowest BCUT2D eigenvalue weighted by Gasteiger charge is -2.10. The topological polar surface area (TPSA) is 47.0 Å². The number of aromatic nitrogens is 2. The van der Waals surface area contributed by atoms with E-state index < -0.39 is 0 Å². The third-order valence-electron chi connectivity index (χ3n) is 2.27. The van der Waals surface area contributed by atoms with E-state index in [1.54, 1.807) is 6.20 Å². The van der Waals surface area contributed by atoms with Crippen LogP contribution in [0.4, 0.5) is 0 Å². The predicted molar refractivity (Wildman–Crippen MR) is 58.1 cm³/mol. The van der Waals surface area contributed by atoms with Crippen molar-refractivity contribution in [3.63, 3.8) is 0 Å². The largest absolute Gasteiger partial charge is 0.372 e. The Morgan fingerprint density at radius 3 is 3.07 bits per heavy atom. The van der Waals surface area contributed by atoms with Crippen molar-refractivity contribution in [1.82, 2.24) is 15.3 Å². The van der Waals surface area contributed by atoms with Crippen LogP contribution < -0.4 is 5.32 Å². The molecule has 1 fully saturated rings. The molecular formula is C9H11Cl2N3O. The van der Waals surface area contributed by atoms with E-state index >= 15 is 0 Å². The highest BCUT2D eigenvalue weighted by Gasteiger charge is 2.15. The van der Waals surface area contributed by atoms with Gasteiger partial charge in [0.05, 0.1) is 12.7 Å². The normalized spacial score (nSPS) is 20.8. The van der Waals surface area contributed by atoms with Gasteiger partial charge in [-0.15, -0.1) is 0 Å². The van der Waals surface area contributed by atoms with Crippen molar-refractivity contribution in [2.75, 3.05) is 13.1 Å². The van der Waals surface area contributed by atoms with Crippen LogP contribution in [0.2, 0.25) is 10.4 Å². The van der Waals surface area contributed by atoms with Gasteiger partial charge >= 0.3 is 0 Å². The van der Waals surface area contributed by atoms with Gasteiger partial charge in [0.25, 0.3) is 0 Å². The summed E-state index contributed by atoms with van der Waals surface area (Å²) in [5.41, 5.74) is 0.771. The van der Waals surface area contributed by atoms with Crippen molar-refractivity contribution >= 4 is 23.2 Å². The highest BCUT2D eigenvalue weighted by atomic mass is 35.5. The summed E-state index contributed by atoms with van der Waals surface area (Å²) >= 11 is 11.5. The van der Waals surface area contributed by atoms with Crippen LogP contribution in [-0.4, -0.2) is 29.2 Å². The minimum atomic E-state index is 0.159. The highest BCUT2D eigenvalue weighted by Crippen LogP contribution is 2.16. The molecule has 1 aliphatic heterocycles. The SMILES string of the molecule is Clc1ncc(CO[C@H]2CCNC2)c(Cl)n1. The van der Waals surface area contributed by atoms with Gasteiger partial charge in [-0.2, -0.15) is 0 Å². The quantitative estimate of drug-likeness (QED) is 0.652. The van der Waals surface area contributed by atoms with E-state index in [2.05, 4.69) is 15.3 Å². The molecule has 0 aromatic carbocycles. The van der Waals surface area contributed by atoms with Crippen molar-refractivity contribution in [3.8, 4) is 0 Å². The zero-order chi connectivity index (χ0) is 10.7. The first-order valence-corrected chi connectivity index (χ1v) is 5.50. The van der Waals surface area contributed by atoms with Gasteiger partial charge in [-0.1, -0.05) is 11.6 Å². The third-order valence-corrected chi connectivity index (χ3v) is 2.78. The minimum absolute atomic E-state index is 0.159. The Labute approximate surface area is 98.0 Å². The summed E-state index contributed by atoms with van der Waals surface area (Å²) in [6.45, 7) is 2.34. The molecule has 6 heteroatoms. The molecule has 1 aliphatic rings. The summed E-state index contributed by atoms with van der Waals surface area (Å²) in [5, 5.41) is 3.74. The van der Waals surface area contributed by atoms with Crippen LogP contribution >= 0.6 is 23.2 Å². The van der Waals surface area contributed by atoms with Crippen LogP contribution in [-0.2, 0) is 11.3 Å². The lowest BCUT2D eigenvalue weighted by atomic mass is 10.3. The Morgan fingerprint density at radius 1 is 1.53 bits per heavy atom. The Kier molecular flexibility index (Phi) is 3.75. The lowest BCUT2D eigenvalue weighted by Crippen LogP contribution is -2.16. The molecule has 0 amide bonds. The van der Waals surface area contributed by atoms with Crippen LogP contribution in [0.5, 0.6) is 0 Å². The van der Waals surface area contributed by atoms with E-state index in [1.165, 1.54) is 0 Å². The summed E-state index contributed by atoms with van der Waals surface area (Å²) in [6.07, 6.45) is 2.89. The molecular weight excluding hydrogens is 237 g/mol. The maximum atomic E-state index is 5.88. The average Bonchev–Trinajstić information content (AvgIpc) is 2.69. The molecule has 1 aromatic heterocycles. The second-order valence-electron chi connectivity index (χ2n) is 3.38. The summed E-state index contributed by atoms with van der Waals surface area (Å²) < 4.78 is 5.64. The zero-order valence-electron chi connectivity index (χ0n) is 8.04. The van der Waals surface area contributed by atoms with Crippen molar-refractivity contribution in [2.45, 2.75) is 19.1 Å². The first-order chi connectivity index (χ1) is 7.25. The third kappa shape index (κ3) is 3.01. The van der Waals surface area contributed by atoms with E-state index in [9.17, 15) is 0 Å². The maximum absolute atomic E-state index is 5.88. The van der Waals surface area contributed by atoms with Crippen molar-refractivity contribution in [2.24, 2.45) is 0 Å². The van der Waals surface area contributed by atoms with Crippen molar-refractivity contribution < 1.29 is 4.74 Å². The fourth-order valence-corrected chi connectivity index (χ4v) is 1.80. The fourth-order valence-electron chi connectivity index (χ4n) is 1.44. The van der Waals surface area contributed by atoms with Gasteiger partial charge < -0.3 is 10.1 Å². The second-order valence-corrected chi connectivity index (χ2v) is 4.08. The molecule has 0 spiro atoms. The molecule has 0 unspecified atom stereocenters. The lowest BCUT2D eigenvalue weighted by molar-refractivity contribution is 0.0539. The van der Waals surface area contributed by atoms with E-state index in [0.29, 0.717) is 11.8 Å². The summed E-state index contributed by atoms with van der Waals surface area (Å²) in [5.74, 6) is 0. The van der Waals surface area contributed by atoms with E-state index in [1.807, 2.05) is 0 Å². The molecule has 0 radical (unpaired) electrons. The molecule has 15 heavy (non-hydrogen) atoms. The number of nitrogens with zero attached hydrogens (tertiary/aromatic N) is 2. The predicted octanol–water partition coefficient (Wildman–Crippen LogP) is 1.66. The van der Waals surface area contributed by atoms with Crippen LogP contribution in [0, 0.1) is 0 Å². The van der Waals surface area contributed by atoms with Crippen LogP contribution in [0.25, 0.3) is 0 Å². The Hall–Kier alpha value is -0.420. The van der Waals surface area contributed by atoms with Crippen molar-refractivity contribution in [3.05, 3.63) is 22.2 Å². The molecule has 82 valence electrons. The summed E-state index contributed by atoms with van der Waals surface area (Å²) in [4.78, 5) is 7.70. The highest BCUT2D eigenvalue weighted by molar-refractivity contribution is 6.32. The van der Waals surface area contributed by atoms with Crippen molar-refractivity contribution in [1.29, 1.82) is 0 Å². The smallest absolute Gasteiger partial charge is 0.223 e. The molecule has 1 atom stereocenters. The van der Waals surface area contributed by atoms with Gasteiger partial charge in [-0.3, -0.25) is 0 Å². The Morgan fingerprint density at radius 2 is 2.40 bits per heavy atom. The van der Waals surface area contributed by atoms with E-state index in [-0.39, 0.29) is 11.4 Å². The maximum Gasteiger partial charge on any atom is 0.223 e. The van der Waals surface area contributed by atoms with Gasteiger partial charge in [-0.05, 0) is 24.6 Å². The zero-order valence-corrected chi connectivity index (χ0v) is 9.55. The molecule has 0 bridgehead atoms. The van der Waals surface area contributed by atoms with Gasteiger partial charge in [0.1, 0.15) is 5.15 Å². The van der Waals surface area contributed by atoms with Crippen LogP contribution in [0.15, 0.2) is 6.20 Å². The van der Waals surface area contributed by atoms with Gasteiger partial charge in [0.2, 0.25) is 5.28 Å². The molecule has 0 aliphatic carbocycles. The Bertz CT molecular complexity index is 342. The number of hydrogen-bond acceptors (Lipinski definition) is 4. The summed E-state index contributed by atoms with van der Waals surface area (Å²) in [7, 11) is 0. The second kappa shape index (κ2) is 5.07. The molecule has 4 nitrogen and oxygen atoms in total. The molecule has 0 saturated carbocycles. The molecule has 1 aromatic rings. The van der Waals surface area contributed by atoms with Gasteiger partial charge in [0, 0.05) is 18.3 Å². The summed E-state index contributed by atoms with van der Waals surface area (Å²) in [6, 6.07) is 0. The van der Waals surface area contributed by atoms with Crippen LogP contribution in [0.1, 0.15) is 12.0 Å². The van der Waals surface area contributed by atoms with Crippen LogP contribution in [0.3, 0.4) is 0 Å². The number of ether oxygens (including phenoxy) is 1. The fraction of sp³-hybridized carbons (Fsp3) is 0.556. The molecule has 2 rings (SSSR count). The van der Waals surface area contributed by atoms with Gasteiger partial charge in [-0.25, -0.2) is 9.97 Å².